The largest absolute Gasteiger partial charge is 0.333 e. The molecule has 1 aliphatic carbocycles. The number of piperidine rings is 1. The lowest BCUT2D eigenvalue weighted by atomic mass is 10.0. The summed E-state index contributed by atoms with van der Waals surface area (Å²) in [7, 11) is 0. The summed E-state index contributed by atoms with van der Waals surface area (Å²) in [6.45, 7) is 6.98. The van der Waals surface area contributed by atoms with Gasteiger partial charge in [-0.1, -0.05) is 6.42 Å². The Morgan fingerprint density at radius 3 is 2.95 bits per heavy atom. The Morgan fingerprint density at radius 1 is 1.25 bits per heavy atom. The number of hydrogen-bond acceptors (Lipinski definition) is 3. The van der Waals surface area contributed by atoms with Crippen LogP contribution in [-0.4, -0.2) is 39.6 Å². The van der Waals surface area contributed by atoms with Crippen LogP contribution in [0.5, 0.6) is 0 Å². The van der Waals surface area contributed by atoms with Crippen LogP contribution >= 0.6 is 0 Å². The Kier molecular flexibility index (Phi) is 4.73. The molecule has 2 aliphatic rings. The van der Waals surface area contributed by atoms with Crippen LogP contribution in [0, 0.1) is 0 Å². The Labute approximate surface area is 122 Å². The highest BCUT2D eigenvalue weighted by molar-refractivity contribution is 4.99. The third-order valence-electron chi connectivity index (χ3n) is 4.73. The monoisotopic (exact) mass is 276 g/mol. The van der Waals surface area contributed by atoms with Crippen LogP contribution in [0.15, 0.2) is 12.5 Å². The fourth-order valence-electron chi connectivity index (χ4n) is 3.17. The molecule has 4 heteroatoms. The number of aryl methyl sites for hydroxylation is 1. The summed E-state index contributed by atoms with van der Waals surface area (Å²) in [5.74, 6) is 0. The van der Waals surface area contributed by atoms with Crippen molar-refractivity contribution in [3.05, 3.63) is 18.2 Å². The predicted octanol–water partition coefficient (Wildman–Crippen LogP) is 2.40. The zero-order valence-corrected chi connectivity index (χ0v) is 12.7. The van der Waals surface area contributed by atoms with Crippen molar-refractivity contribution >= 4 is 0 Å². The molecule has 1 saturated heterocycles. The highest BCUT2D eigenvalue weighted by Gasteiger charge is 2.20. The van der Waals surface area contributed by atoms with Gasteiger partial charge in [-0.25, -0.2) is 4.98 Å². The molecular formula is C16H28N4. The molecule has 0 aromatic carbocycles. The molecule has 0 radical (unpaired) electrons. The normalized spacial score (nSPS) is 24.1. The molecule has 1 saturated carbocycles. The predicted molar refractivity (Wildman–Crippen MR) is 81.6 cm³/mol. The van der Waals surface area contributed by atoms with Crippen molar-refractivity contribution in [2.24, 2.45) is 0 Å². The van der Waals surface area contributed by atoms with Gasteiger partial charge in [-0.3, -0.25) is 0 Å². The maximum Gasteiger partial charge on any atom is 0.0948 e. The molecule has 1 N–H and O–H groups in total. The highest BCUT2D eigenvalue weighted by Crippen LogP contribution is 2.19. The smallest absolute Gasteiger partial charge is 0.0948 e. The Hall–Kier alpha value is -0.870. The Balaban J connectivity index is 1.42. The van der Waals surface area contributed by atoms with Gasteiger partial charge < -0.3 is 14.8 Å². The van der Waals surface area contributed by atoms with Crippen molar-refractivity contribution in [3.63, 3.8) is 0 Å². The topological polar surface area (TPSA) is 33.1 Å². The van der Waals surface area contributed by atoms with E-state index in [0.717, 1.165) is 25.2 Å². The van der Waals surface area contributed by atoms with Gasteiger partial charge in [0.15, 0.2) is 0 Å². The van der Waals surface area contributed by atoms with Crippen molar-refractivity contribution in [1.29, 1.82) is 0 Å². The maximum atomic E-state index is 4.31. The number of likely N-dealkylation sites (tertiary alicyclic amines) is 1. The number of aromatic nitrogens is 2. The van der Waals surface area contributed by atoms with Crippen LogP contribution in [0.25, 0.3) is 0 Å². The van der Waals surface area contributed by atoms with Gasteiger partial charge in [0.05, 0.1) is 12.0 Å². The minimum atomic E-state index is 0.771. The number of hydrogen-bond donors (Lipinski definition) is 1. The Morgan fingerprint density at radius 2 is 2.15 bits per heavy atom. The molecule has 112 valence electrons. The third-order valence-corrected chi connectivity index (χ3v) is 4.73. The standard InChI is InChI=1S/C16H28N4/c1-14-5-2-3-8-19(14)9-4-10-20-13-17-11-16(20)12-18-15-6-7-15/h11,13-15,18H,2-10,12H2,1H3. The van der Waals surface area contributed by atoms with E-state index in [-0.39, 0.29) is 0 Å². The third kappa shape index (κ3) is 3.83. The first kappa shape index (κ1) is 14.1. The Bertz CT molecular complexity index is 410. The van der Waals surface area contributed by atoms with Crippen LogP contribution in [0.2, 0.25) is 0 Å². The molecule has 0 bridgehead atoms. The average molecular weight is 276 g/mol. The highest BCUT2D eigenvalue weighted by atomic mass is 15.2. The van der Waals surface area contributed by atoms with Gasteiger partial charge in [0, 0.05) is 37.9 Å². The van der Waals surface area contributed by atoms with Gasteiger partial charge in [-0.05, 0) is 45.6 Å². The van der Waals surface area contributed by atoms with E-state index in [1.165, 1.54) is 57.3 Å². The molecule has 1 unspecified atom stereocenters. The number of imidazole rings is 1. The molecule has 1 atom stereocenters. The average Bonchev–Trinajstić information content (AvgIpc) is 3.18. The van der Waals surface area contributed by atoms with E-state index in [0.29, 0.717) is 0 Å². The molecule has 4 nitrogen and oxygen atoms in total. The summed E-state index contributed by atoms with van der Waals surface area (Å²) in [6.07, 6.45) is 12.1. The molecule has 20 heavy (non-hydrogen) atoms. The minimum absolute atomic E-state index is 0.771. The zero-order chi connectivity index (χ0) is 13.8. The van der Waals surface area contributed by atoms with Gasteiger partial charge in [0.1, 0.15) is 0 Å². The fourth-order valence-corrected chi connectivity index (χ4v) is 3.17. The van der Waals surface area contributed by atoms with E-state index in [1.807, 2.05) is 12.5 Å². The summed E-state index contributed by atoms with van der Waals surface area (Å²) in [5, 5.41) is 3.57. The van der Waals surface area contributed by atoms with Crippen molar-refractivity contribution in [2.75, 3.05) is 13.1 Å². The van der Waals surface area contributed by atoms with Crippen LogP contribution in [0.1, 0.15) is 51.1 Å². The van der Waals surface area contributed by atoms with Gasteiger partial charge in [0.25, 0.3) is 0 Å². The number of rotatable bonds is 7. The second-order valence-corrected chi connectivity index (χ2v) is 6.47. The molecule has 2 fully saturated rings. The quantitative estimate of drug-likeness (QED) is 0.830. The molecule has 1 aliphatic heterocycles. The molecule has 0 spiro atoms. The van der Waals surface area contributed by atoms with E-state index in [2.05, 4.69) is 26.7 Å². The molecular weight excluding hydrogens is 248 g/mol. The van der Waals surface area contributed by atoms with Crippen LogP contribution in [0.3, 0.4) is 0 Å². The van der Waals surface area contributed by atoms with Crippen molar-refractivity contribution in [3.8, 4) is 0 Å². The van der Waals surface area contributed by atoms with Gasteiger partial charge in [-0.15, -0.1) is 0 Å². The lowest BCUT2D eigenvalue weighted by Gasteiger charge is -2.33. The maximum absolute atomic E-state index is 4.31. The van der Waals surface area contributed by atoms with Crippen LogP contribution in [0.4, 0.5) is 0 Å². The second kappa shape index (κ2) is 6.72. The van der Waals surface area contributed by atoms with Gasteiger partial charge >= 0.3 is 0 Å². The summed E-state index contributed by atoms with van der Waals surface area (Å²) in [6, 6.07) is 1.55. The number of nitrogens with zero attached hydrogens (tertiary/aromatic N) is 3. The molecule has 1 aromatic heterocycles. The SMILES string of the molecule is CC1CCCCN1CCCn1cncc1CNC1CC1. The summed E-state index contributed by atoms with van der Waals surface area (Å²) in [5.41, 5.74) is 1.34. The minimum Gasteiger partial charge on any atom is -0.333 e. The van der Waals surface area contributed by atoms with Crippen molar-refractivity contribution in [1.82, 2.24) is 19.8 Å². The van der Waals surface area contributed by atoms with E-state index in [4.69, 9.17) is 0 Å². The first-order valence-corrected chi connectivity index (χ1v) is 8.29. The van der Waals surface area contributed by atoms with E-state index < -0.39 is 0 Å². The van der Waals surface area contributed by atoms with Gasteiger partial charge in [-0.2, -0.15) is 0 Å². The zero-order valence-electron chi connectivity index (χ0n) is 12.7. The van der Waals surface area contributed by atoms with Crippen LogP contribution in [-0.2, 0) is 13.1 Å². The summed E-state index contributed by atoms with van der Waals surface area (Å²) < 4.78 is 2.32. The first-order valence-electron chi connectivity index (χ1n) is 8.29. The van der Waals surface area contributed by atoms with E-state index in [9.17, 15) is 0 Å². The molecule has 0 amide bonds. The number of nitrogens with one attached hydrogen (secondary N) is 1. The first-order chi connectivity index (χ1) is 9.83. The molecule has 3 rings (SSSR count). The molecule has 2 heterocycles. The fraction of sp³-hybridized carbons (Fsp3) is 0.812. The van der Waals surface area contributed by atoms with Crippen LogP contribution < -0.4 is 5.32 Å². The van der Waals surface area contributed by atoms with E-state index in [1.54, 1.807) is 0 Å². The lowest BCUT2D eigenvalue weighted by Crippen LogP contribution is -2.38. The molecule has 1 aromatic rings. The summed E-state index contributed by atoms with van der Waals surface area (Å²) in [4.78, 5) is 6.97. The van der Waals surface area contributed by atoms with Crippen molar-refractivity contribution < 1.29 is 0 Å². The second-order valence-electron chi connectivity index (χ2n) is 6.47. The van der Waals surface area contributed by atoms with Gasteiger partial charge in [0.2, 0.25) is 0 Å². The van der Waals surface area contributed by atoms with E-state index >= 15 is 0 Å². The van der Waals surface area contributed by atoms with Crippen molar-refractivity contribution in [2.45, 2.75) is 70.6 Å². The lowest BCUT2D eigenvalue weighted by molar-refractivity contribution is 0.156. The summed E-state index contributed by atoms with van der Waals surface area (Å²) >= 11 is 0.